The van der Waals surface area contributed by atoms with Gasteiger partial charge in [0.05, 0.1) is 11.6 Å². The number of carbonyl (C=O) groups excluding carboxylic acids is 1. The highest BCUT2D eigenvalue weighted by Gasteiger charge is 2.51. The minimum atomic E-state index is -2.51. The van der Waals surface area contributed by atoms with Crippen molar-refractivity contribution in [1.82, 2.24) is 31.1 Å². The second-order valence-corrected chi connectivity index (χ2v) is 9.47. The number of amides is 1. The molecule has 3 N–H and O–H groups in total. The first-order valence-corrected chi connectivity index (χ1v) is 14.5. The van der Waals surface area contributed by atoms with Gasteiger partial charge in [0.1, 0.15) is 11.9 Å². The quantitative estimate of drug-likeness (QED) is 0.377. The molecule has 0 spiro atoms. The Hall–Kier alpha value is -1.51. The molecule has 42 heavy (non-hydrogen) atoms. The van der Waals surface area contributed by atoms with Gasteiger partial charge in [0.25, 0.3) is 12.3 Å². The van der Waals surface area contributed by atoms with Crippen molar-refractivity contribution < 1.29 is 18.0 Å². The number of halogens is 3. The van der Waals surface area contributed by atoms with Crippen molar-refractivity contribution in [3.05, 3.63) is 59.3 Å². The fourth-order valence-electron chi connectivity index (χ4n) is 6.16. The number of hydrogen-bond acceptors (Lipinski definition) is 6. The lowest BCUT2D eigenvalue weighted by Gasteiger charge is -2.57. The zero-order valence-corrected chi connectivity index (χ0v) is 28.7. The van der Waals surface area contributed by atoms with Crippen LogP contribution in [0, 0.1) is 5.92 Å². The Bertz CT molecular complexity index is 1040. The number of carbonyl (C=O) groups is 1. The van der Waals surface area contributed by atoms with Gasteiger partial charge < -0.3 is 10.2 Å². The molecule has 242 valence electrons. The molecule has 0 aromatic rings. The van der Waals surface area contributed by atoms with Crippen LogP contribution in [0.3, 0.4) is 0 Å². The van der Waals surface area contributed by atoms with Crippen LogP contribution in [-0.4, -0.2) is 64.9 Å². The minimum Gasteiger partial charge on any atom is -0.377 e. The van der Waals surface area contributed by atoms with Crippen LogP contribution in [0.4, 0.5) is 13.2 Å². The van der Waals surface area contributed by atoms with E-state index in [9.17, 15) is 18.0 Å². The number of dihydropyridines is 1. The van der Waals surface area contributed by atoms with Gasteiger partial charge in [-0.2, -0.15) is 45.6 Å². The third-order valence-electron chi connectivity index (χ3n) is 7.68. The Morgan fingerprint density at radius 3 is 2.26 bits per heavy atom. The van der Waals surface area contributed by atoms with Gasteiger partial charge in [-0.25, -0.2) is 18.6 Å². The van der Waals surface area contributed by atoms with Crippen molar-refractivity contribution in [3.63, 3.8) is 0 Å². The first-order valence-electron chi connectivity index (χ1n) is 14.5. The predicted molar refractivity (Wildman–Crippen MR) is 181 cm³/mol. The summed E-state index contributed by atoms with van der Waals surface area (Å²) >= 11 is 0. The van der Waals surface area contributed by atoms with Gasteiger partial charge in [0, 0.05) is 36.9 Å². The van der Waals surface area contributed by atoms with Crippen LogP contribution >= 0.6 is 40.5 Å². The molecule has 6 aliphatic rings. The third-order valence-corrected chi connectivity index (χ3v) is 7.68. The van der Waals surface area contributed by atoms with Gasteiger partial charge in [0.2, 0.25) is 0 Å². The Kier molecular flexibility index (Phi) is 17.7. The highest BCUT2D eigenvalue weighted by atomic mass is 32.1. The number of alkyl halides is 2. The van der Waals surface area contributed by atoms with E-state index in [1.165, 1.54) is 6.08 Å². The molecule has 2 bridgehead atoms. The number of fused-ring (bicyclic) bond motifs is 4. The van der Waals surface area contributed by atoms with E-state index < -0.39 is 18.5 Å². The average Bonchev–Trinajstić information content (AvgIpc) is 3.26. The van der Waals surface area contributed by atoms with Crippen LogP contribution in [0.2, 0.25) is 0 Å². The fraction of sp³-hybridized carbons (Fsp3) is 0.621. The van der Waals surface area contributed by atoms with E-state index in [0.29, 0.717) is 5.57 Å². The van der Waals surface area contributed by atoms with E-state index in [0.717, 1.165) is 37.0 Å². The standard InChI is InChI=1S/C23H27F3N6O.3C2H6.3H2S/c1-30-29-23-28-17(21(25)26)10-19(32(23)30)15-7-5-14-6-8-18(15)31(14)22(33)13-9-12-3-2-4-16(24)20(12)27-11-13;3*1-2;;;/h2-4,9-11,14-15,17-18,20-21,23,27-29H,5-8H2,1H3;3*1-2H3;3*1H2/t14-,15-,17?,18-,20?,23?;;;;;;/m0....../s1. The predicted octanol–water partition coefficient (Wildman–Crippen LogP) is 5.45. The summed E-state index contributed by atoms with van der Waals surface area (Å²) in [5.74, 6) is -0.380. The summed E-state index contributed by atoms with van der Waals surface area (Å²) in [6, 6.07) is -1.48. The summed E-state index contributed by atoms with van der Waals surface area (Å²) in [4.78, 5) is 15.6. The number of nitrogens with zero attached hydrogens (tertiary/aromatic N) is 3. The van der Waals surface area contributed by atoms with Crippen LogP contribution < -0.4 is 16.1 Å². The number of hydrazine groups is 2. The van der Waals surface area contributed by atoms with E-state index in [1.807, 2.05) is 64.6 Å². The largest absolute Gasteiger partial charge is 0.377 e. The normalized spacial score (nSPS) is 29.8. The summed E-state index contributed by atoms with van der Waals surface area (Å²) in [5.41, 5.74) is 5.16. The molecular formula is C29H51F3N6OS3. The lowest BCUT2D eigenvalue weighted by Crippen LogP contribution is -2.79. The monoisotopic (exact) mass is 652 g/mol. The van der Waals surface area contributed by atoms with Crippen molar-refractivity contribution in [2.75, 3.05) is 7.05 Å². The first-order chi connectivity index (χ1) is 18.9. The molecule has 5 aliphatic heterocycles. The maximum Gasteiger partial charge on any atom is 0.257 e. The van der Waals surface area contributed by atoms with Crippen LogP contribution in [0.25, 0.3) is 0 Å². The maximum atomic E-state index is 14.1. The summed E-state index contributed by atoms with van der Waals surface area (Å²) in [6.07, 6.45) is 10.4. The first kappa shape index (κ1) is 40.5. The van der Waals surface area contributed by atoms with Crippen molar-refractivity contribution in [2.24, 2.45) is 5.92 Å². The van der Waals surface area contributed by atoms with Gasteiger partial charge in [0.15, 0.2) is 6.29 Å². The van der Waals surface area contributed by atoms with Crippen molar-refractivity contribution in [3.8, 4) is 0 Å². The molecular weight excluding hydrogens is 602 g/mol. The SMILES string of the molecule is CC.CC.CC.CN1NC2NC(C(F)F)C=C([C@H]3CC[C@H]4CC[C@@H]3N4C(=O)C3=CNC4C(F)=CC=CC4=C3)N21.S.S.S. The smallest absolute Gasteiger partial charge is 0.257 e. The molecule has 0 radical (unpaired) electrons. The lowest BCUT2D eigenvalue weighted by atomic mass is 9.84. The van der Waals surface area contributed by atoms with Crippen LogP contribution in [0.15, 0.2) is 59.3 Å². The van der Waals surface area contributed by atoms with Gasteiger partial charge >= 0.3 is 0 Å². The Balaban J connectivity index is 0.00000176. The Morgan fingerprint density at radius 1 is 1.00 bits per heavy atom. The third kappa shape index (κ3) is 7.76. The Morgan fingerprint density at radius 2 is 1.64 bits per heavy atom. The summed E-state index contributed by atoms with van der Waals surface area (Å²) in [7, 11) is 1.85. The molecule has 0 aromatic carbocycles. The fourth-order valence-corrected chi connectivity index (χ4v) is 6.16. The molecule has 0 aromatic heterocycles. The van der Waals surface area contributed by atoms with Gasteiger partial charge in [-0.1, -0.05) is 53.7 Å². The number of allylic oxidation sites excluding steroid dienone is 2. The summed E-state index contributed by atoms with van der Waals surface area (Å²) < 4.78 is 41.3. The number of hydrogen-bond donors (Lipinski definition) is 3. The van der Waals surface area contributed by atoms with Gasteiger partial charge in [-0.05, 0) is 49.5 Å². The molecule has 6 atom stereocenters. The lowest BCUT2D eigenvalue weighted by molar-refractivity contribution is -0.219. The second kappa shape index (κ2) is 18.3. The van der Waals surface area contributed by atoms with E-state index >= 15 is 0 Å². The summed E-state index contributed by atoms with van der Waals surface area (Å²) in [6.45, 7) is 12.0. The number of nitrogens with one attached hydrogen (secondary N) is 3. The van der Waals surface area contributed by atoms with E-state index in [4.69, 9.17) is 0 Å². The number of rotatable bonds is 3. The molecule has 13 heteroatoms. The molecule has 3 unspecified atom stereocenters. The molecule has 1 amide bonds. The van der Waals surface area contributed by atoms with Crippen molar-refractivity contribution >= 4 is 46.4 Å². The molecule has 3 fully saturated rings. The van der Waals surface area contributed by atoms with Crippen LogP contribution in [0.5, 0.6) is 0 Å². The molecule has 1 aliphatic carbocycles. The average molecular weight is 653 g/mol. The molecule has 5 heterocycles. The molecule has 7 nitrogen and oxygen atoms in total. The van der Waals surface area contributed by atoms with Crippen molar-refractivity contribution in [1.29, 1.82) is 0 Å². The Labute approximate surface area is 271 Å². The van der Waals surface area contributed by atoms with E-state index in [1.54, 1.807) is 29.5 Å². The molecule has 6 rings (SSSR count). The summed E-state index contributed by atoms with van der Waals surface area (Å²) in [5, 5.41) is 9.70. The number of piperidine rings is 1. The topological polar surface area (TPSA) is 62.9 Å². The second-order valence-electron chi connectivity index (χ2n) is 9.47. The van der Waals surface area contributed by atoms with Gasteiger partial charge in [-0.15, -0.1) is 0 Å². The minimum absolute atomic E-state index is 0. The van der Waals surface area contributed by atoms with E-state index in [2.05, 4.69) is 16.1 Å². The highest BCUT2D eigenvalue weighted by molar-refractivity contribution is 7.59. The zero-order chi connectivity index (χ0) is 28.9. The van der Waals surface area contributed by atoms with Crippen molar-refractivity contribution in [2.45, 2.75) is 104 Å². The molecule has 0 saturated carbocycles. The van der Waals surface area contributed by atoms with Crippen LogP contribution in [0.1, 0.15) is 67.2 Å². The highest BCUT2D eigenvalue weighted by Crippen LogP contribution is 2.45. The maximum absolute atomic E-state index is 14.1. The molecule has 3 saturated heterocycles. The van der Waals surface area contributed by atoms with Gasteiger partial charge in [-0.3, -0.25) is 15.1 Å². The van der Waals surface area contributed by atoms with Crippen LogP contribution in [-0.2, 0) is 4.79 Å². The zero-order valence-electron chi connectivity index (χ0n) is 25.7. The van der Waals surface area contributed by atoms with E-state index in [-0.39, 0.29) is 76.5 Å².